The Morgan fingerprint density at radius 2 is 2.08 bits per heavy atom. The SMILES string of the molecule is CCCCN(CCCCN)C(=O)CN1C[C@H](c2ccc3c(c2)CCO3)C(C(=O)O)[C@@H]1CCn1ccnc1. The summed E-state index contributed by atoms with van der Waals surface area (Å²) < 4.78 is 7.64. The molecule has 2 aliphatic heterocycles. The van der Waals surface area contributed by atoms with Crippen molar-refractivity contribution in [3.8, 4) is 5.75 Å². The molecule has 2 aromatic rings. The minimum atomic E-state index is -0.807. The largest absolute Gasteiger partial charge is 0.493 e. The first-order valence-electron chi connectivity index (χ1n) is 13.7. The van der Waals surface area contributed by atoms with Gasteiger partial charge < -0.3 is 25.0 Å². The number of amides is 1. The lowest BCUT2D eigenvalue weighted by Crippen LogP contribution is -2.45. The maximum atomic E-state index is 13.5. The van der Waals surface area contributed by atoms with E-state index in [4.69, 9.17) is 10.5 Å². The van der Waals surface area contributed by atoms with Crippen molar-refractivity contribution in [3.05, 3.63) is 48.0 Å². The summed E-state index contributed by atoms with van der Waals surface area (Å²) in [5, 5.41) is 10.4. The smallest absolute Gasteiger partial charge is 0.308 e. The third-order valence-electron chi connectivity index (χ3n) is 7.77. The summed E-state index contributed by atoms with van der Waals surface area (Å²) in [6.07, 6.45) is 10.6. The predicted octanol–water partition coefficient (Wildman–Crippen LogP) is 2.74. The van der Waals surface area contributed by atoms with E-state index in [1.807, 2.05) is 27.8 Å². The molecule has 1 fully saturated rings. The molecule has 9 heteroatoms. The maximum absolute atomic E-state index is 13.5. The number of unbranched alkanes of at least 4 members (excludes halogenated alkanes) is 2. The second-order valence-corrected chi connectivity index (χ2v) is 10.3. The van der Waals surface area contributed by atoms with Gasteiger partial charge in [-0.25, -0.2) is 4.98 Å². The van der Waals surface area contributed by atoms with Crippen LogP contribution in [0.3, 0.4) is 0 Å². The molecule has 9 nitrogen and oxygen atoms in total. The summed E-state index contributed by atoms with van der Waals surface area (Å²) in [6, 6.07) is 5.83. The second-order valence-electron chi connectivity index (χ2n) is 10.3. The highest BCUT2D eigenvalue weighted by Gasteiger charge is 2.47. The minimum absolute atomic E-state index is 0.0743. The number of likely N-dealkylation sites (tertiary alicyclic amines) is 1. The van der Waals surface area contributed by atoms with E-state index in [1.54, 1.807) is 12.5 Å². The number of rotatable bonds is 14. The Hall–Kier alpha value is -2.91. The highest BCUT2D eigenvalue weighted by Crippen LogP contribution is 2.41. The molecular formula is C28H41N5O4. The van der Waals surface area contributed by atoms with Gasteiger partial charge in [0.15, 0.2) is 0 Å². The van der Waals surface area contributed by atoms with Crippen molar-refractivity contribution >= 4 is 11.9 Å². The van der Waals surface area contributed by atoms with E-state index in [1.165, 1.54) is 0 Å². The topological polar surface area (TPSA) is 114 Å². The number of fused-ring (bicyclic) bond motifs is 1. The molecule has 1 saturated heterocycles. The summed E-state index contributed by atoms with van der Waals surface area (Å²) in [5.74, 6) is -0.631. The molecule has 202 valence electrons. The van der Waals surface area contributed by atoms with E-state index in [9.17, 15) is 14.7 Å². The molecule has 1 amide bonds. The van der Waals surface area contributed by atoms with Crippen molar-refractivity contribution in [3.63, 3.8) is 0 Å². The fraction of sp³-hybridized carbons (Fsp3) is 0.607. The molecule has 0 aliphatic carbocycles. The third kappa shape index (κ3) is 6.70. The lowest BCUT2D eigenvalue weighted by molar-refractivity contribution is -0.144. The van der Waals surface area contributed by atoms with Gasteiger partial charge in [-0.05, 0) is 49.4 Å². The van der Waals surface area contributed by atoms with Gasteiger partial charge in [0.2, 0.25) is 5.91 Å². The van der Waals surface area contributed by atoms with E-state index < -0.39 is 11.9 Å². The fourth-order valence-electron chi connectivity index (χ4n) is 5.76. The first kappa shape index (κ1) is 27.1. The Bertz CT molecular complexity index is 1030. The molecule has 0 saturated carbocycles. The zero-order chi connectivity index (χ0) is 26.2. The number of carboxylic acids is 1. The van der Waals surface area contributed by atoms with Crippen LogP contribution in [0.4, 0.5) is 0 Å². The zero-order valence-corrected chi connectivity index (χ0v) is 21.9. The molecule has 1 aromatic heterocycles. The van der Waals surface area contributed by atoms with Crippen molar-refractivity contribution < 1.29 is 19.4 Å². The highest BCUT2D eigenvalue weighted by molar-refractivity contribution is 5.79. The van der Waals surface area contributed by atoms with Crippen LogP contribution in [0.1, 0.15) is 56.1 Å². The molecule has 37 heavy (non-hydrogen) atoms. The number of imidazole rings is 1. The van der Waals surface area contributed by atoms with Crippen LogP contribution in [0.5, 0.6) is 5.75 Å². The number of nitrogens with zero attached hydrogens (tertiary/aromatic N) is 4. The lowest BCUT2D eigenvalue weighted by Gasteiger charge is -2.30. The Kier molecular flexibility index (Phi) is 9.57. The van der Waals surface area contributed by atoms with Gasteiger partial charge in [0.25, 0.3) is 0 Å². The Labute approximate surface area is 219 Å². The number of aromatic nitrogens is 2. The van der Waals surface area contributed by atoms with Crippen molar-refractivity contribution in [2.24, 2.45) is 11.7 Å². The van der Waals surface area contributed by atoms with Crippen LogP contribution < -0.4 is 10.5 Å². The highest BCUT2D eigenvalue weighted by atomic mass is 16.5. The van der Waals surface area contributed by atoms with E-state index in [2.05, 4.69) is 22.9 Å². The number of aliphatic carboxylic acids is 1. The minimum Gasteiger partial charge on any atom is -0.493 e. The molecule has 3 heterocycles. The van der Waals surface area contributed by atoms with E-state index in [0.717, 1.165) is 55.5 Å². The number of carboxylic acid groups (broad SMARTS) is 1. The van der Waals surface area contributed by atoms with Crippen LogP contribution in [0.2, 0.25) is 0 Å². The first-order chi connectivity index (χ1) is 18.0. The maximum Gasteiger partial charge on any atom is 0.308 e. The molecule has 3 atom stereocenters. The molecule has 0 spiro atoms. The Morgan fingerprint density at radius 3 is 2.81 bits per heavy atom. The average molecular weight is 512 g/mol. The summed E-state index contributed by atoms with van der Waals surface area (Å²) in [7, 11) is 0. The molecule has 0 bridgehead atoms. The van der Waals surface area contributed by atoms with Gasteiger partial charge in [0, 0.05) is 57.0 Å². The van der Waals surface area contributed by atoms with Crippen LogP contribution >= 0.6 is 0 Å². The molecule has 0 radical (unpaired) electrons. The van der Waals surface area contributed by atoms with Gasteiger partial charge >= 0.3 is 5.97 Å². The van der Waals surface area contributed by atoms with E-state index >= 15 is 0 Å². The predicted molar refractivity (Wildman–Crippen MR) is 141 cm³/mol. The molecular weight excluding hydrogens is 470 g/mol. The van der Waals surface area contributed by atoms with Crippen LogP contribution in [0, 0.1) is 5.92 Å². The lowest BCUT2D eigenvalue weighted by atomic mass is 9.83. The number of carbonyl (C=O) groups is 2. The average Bonchev–Trinajstić information content (AvgIpc) is 3.64. The number of hydrogen-bond donors (Lipinski definition) is 2. The third-order valence-corrected chi connectivity index (χ3v) is 7.77. The van der Waals surface area contributed by atoms with E-state index in [0.29, 0.717) is 39.2 Å². The van der Waals surface area contributed by atoms with Crippen LogP contribution in [-0.2, 0) is 22.6 Å². The molecule has 4 rings (SSSR count). The van der Waals surface area contributed by atoms with E-state index in [-0.39, 0.29) is 24.4 Å². The number of hydrogen-bond acceptors (Lipinski definition) is 6. The van der Waals surface area contributed by atoms with Crippen molar-refractivity contribution in [2.45, 2.75) is 64.0 Å². The summed E-state index contributed by atoms with van der Waals surface area (Å²) in [6.45, 7) is 6.25. The first-order valence-corrected chi connectivity index (χ1v) is 13.7. The van der Waals surface area contributed by atoms with Gasteiger partial charge in [-0.1, -0.05) is 25.5 Å². The van der Waals surface area contributed by atoms with Crippen LogP contribution in [-0.4, -0.2) is 81.7 Å². The monoisotopic (exact) mass is 511 g/mol. The second kappa shape index (κ2) is 13.1. The van der Waals surface area contributed by atoms with Crippen molar-refractivity contribution in [1.82, 2.24) is 19.4 Å². The fourth-order valence-corrected chi connectivity index (χ4v) is 5.76. The normalized spacial score (nSPS) is 21.1. The number of ether oxygens (including phenoxy) is 1. The Morgan fingerprint density at radius 1 is 1.24 bits per heavy atom. The van der Waals surface area contributed by atoms with Gasteiger partial charge in [0.1, 0.15) is 5.75 Å². The number of nitrogens with two attached hydrogens (primary N) is 1. The van der Waals surface area contributed by atoms with Gasteiger partial charge in [0.05, 0.1) is 25.4 Å². The number of aryl methyl sites for hydroxylation is 1. The number of carbonyl (C=O) groups excluding carboxylic acids is 1. The number of benzene rings is 1. The van der Waals surface area contributed by atoms with Crippen LogP contribution in [0.15, 0.2) is 36.9 Å². The van der Waals surface area contributed by atoms with Gasteiger partial charge in [-0.15, -0.1) is 0 Å². The molecule has 1 unspecified atom stereocenters. The quantitative estimate of drug-likeness (QED) is 0.375. The van der Waals surface area contributed by atoms with Gasteiger partial charge in [-0.2, -0.15) is 0 Å². The molecule has 3 N–H and O–H groups in total. The van der Waals surface area contributed by atoms with Crippen LogP contribution in [0.25, 0.3) is 0 Å². The standard InChI is InChI=1S/C28H41N5O4/c1-2-3-12-32(13-5-4-10-29)26(34)19-33-18-23(21-6-7-25-22(17-21)9-16-37-25)27(28(35)36)24(33)8-14-31-15-11-30-20-31/h6-7,11,15,17,20,23-24,27H,2-5,8-10,12-14,16,18-19,29H2,1H3,(H,35,36)/t23-,24+,27?/m1/s1. The van der Waals surface area contributed by atoms with Gasteiger partial charge in [-0.3, -0.25) is 14.5 Å². The van der Waals surface area contributed by atoms with Crippen molar-refractivity contribution in [2.75, 3.05) is 39.3 Å². The Balaban J connectivity index is 1.56. The zero-order valence-electron chi connectivity index (χ0n) is 21.9. The summed E-state index contributed by atoms with van der Waals surface area (Å²) in [4.78, 5) is 34.4. The van der Waals surface area contributed by atoms with Crippen molar-refractivity contribution in [1.29, 1.82) is 0 Å². The summed E-state index contributed by atoms with van der Waals surface area (Å²) in [5.41, 5.74) is 7.84. The summed E-state index contributed by atoms with van der Waals surface area (Å²) >= 11 is 0. The molecule has 2 aliphatic rings. The molecule has 1 aromatic carbocycles.